The third-order valence-corrected chi connectivity index (χ3v) is 3.10. The van der Waals surface area contributed by atoms with Crippen LogP contribution in [0.1, 0.15) is 17.0 Å². The molecule has 0 aliphatic heterocycles. The quantitative estimate of drug-likeness (QED) is 0.715. The smallest absolute Gasteiger partial charge is 0.110 e. The molecule has 0 spiro atoms. The lowest BCUT2D eigenvalue weighted by molar-refractivity contribution is 0.831. The lowest BCUT2D eigenvalue weighted by Gasteiger charge is -2.01. The SMILES string of the molecule is Cc1cc2nc(CCCl)n(C)c2cc1C. The van der Waals surface area contributed by atoms with Gasteiger partial charge in [-0.05, 0) is 37.1 Å². The van der Waals surface area contributed by atoms with Crippen molar-refractivity contribution in [1.29, 1.82) is 0 Å². The van der Waals surface area contributed by atoms with Crippen LogP contribution in [0.3, 0.4) is 0 Å². The molecule has 2 nitrogen and oxygen atoms in total. The zero-order valence-electron chi connectivity index (χ0n) is 9.34. The van der Waals surface area contributed by atoms with Gasteiger partial charge in [-0.3, -0.25) is 0 Å². The molecule has 0 fully saturated rings. The van der Waals surface area contributed by atoms with Crippen molar-refractivity contribution in [2.45, 2.75) is 20.3 Å². The van der Waals surface area contributed by atoms with Crippen LogP contribution in [0.15, 0.2) is 12.1 Å². The first-order chi connectivity index (χ1) is 7.13. The van der Waals surface area contributed by atoms with E-state index in [2.05, 4.69) is 35.5 Å². The number of halogens is 1. The summed E-state index contributed by atoms with van der Waals surface area (Å²) in [7, 11) is 2.05. The third kappa shape index (κ3) is 1.74. The van der Waals surface area contributed by atoms with Gasteiger partial charge in [-0.2, -0.15) is 0 Å². The van der Waals surface area contributed by atoms with E-state index in [1.165, 1.54) is 16.6 Å². The average molecular weight is 223 g/mol. The molecule has 0 aliphatic carbocycles. The number of hydrogen-bond acceptors (Lipinski definition) is 1. The minimum absolute atomic E-state index is 0.620. The molecule has 0 atom stereocenters. The number of alkyl halides is 1. The van der Waals surface area contributed by atoms with Crippen molar-refractivity contribution in [3.8, 4) is 0 Å². The van der Waals surface area contributed by atoms with Crippen molar-refractivity contribution in [3.63, 3.8) is 0 Å². The molecule has 0 N–H and O–H groups in total. The van der Waals surface area contributed by atoms with E-state index in [1.807, 2.05) is 7.05 Å². The molecular weight excluding hydrogens is 208 g/mol. The standard InChI is InChI=1S/C12H15ClN2/c1-8-6-10-11(7-9(8)2)15(3)12(14-10)4-5-13/h6-7H,4-5H2,1-3H3. The molecule has 0 saturated heterocycles. The Kier molecular flexibility index (Phi) is 2.70. The highest BCUT2D eigenvalue weighted by Gasteiger charge is 2.08. The Labute approximate surface area is 94.9 Å². The van der Waals surface area contributed by atoms with Gasteiger partial charge in [0.1, 0.15) is 5.82 Å². The number of aryl methyl sites for hydroxylation is 4. The largest absolute Gasteiger partial charge is 0.331 e. The number of hydrogen-bond donors (Lipinski definition) is 0. The predicted octanol–water partition coefficient (Wildman–Crippen LogP) is 2.97. The molecule has 0 saturated carbocycles. The second-order valence-electron chi connectivity index (χ2n) is 3.95. The van der Waals surface area contributed by atoms with Crippen molar-refractivity contribution in [3.05, 3.63) is 29.1 Å². The van der Waals surface area contributed by atoms with Gasteiger partial charge in [0.2, 0.25) is 0 Å². The highest BCUT2D eigenvalue weighted by molar-refractivity contribution is 6.17. The average Bonchev–Trinajstić information content (AvgIpc) is 2.47. The molecule has 0 aliphatic rings. The maximum Gasteiger partial charge on any atom is 0.110 e. The number of nitrogens with zero attached hydrogens (tertiary/aromatic N) is 2. The van der Waals surface area contributed by atoms with Crippen LogP contribution < -0.4 is 0 Å². The molecular formula is C12H15ClN2. The Morgan fingerprint density at radius 2 is 1.93 bits per heavy atom. The van der Waals surface area contributed by atoms with Crippen molar-refractivity contribution < 1.29 is 0 Å². The van der Waals surface area contributed by atoms with E-state index in [0.29, 0.717) is 5.88 Å². The lowest BCUT2D eigenvalue weighted by atomic mass is 10.1. The summed E-state index contributed by atoms with van der Waals surface area (Å²) in [4.78, 5) is 4.58. The summed E-state index contributed by atoms with van der Waals surface area (Å²) in [6, 6.07) is 4.33. The molecule has 0 unspecified atom stereocenters. The number of rotatable bonds is 2. The monoisotopic (exact) mass is 222 g/mol. The van der Waals surface area contributed by atoms with E-state index in [0.717, 1.165) is 17.8 Å². The fourth-order valence-electron chi connectivity index (χ4n) is 1.81. The summed E-state index contributed by atoms with van der Waals surface area (Å²) in [6.45, 7) is 4.24. The van der Waals surface area contributed by atoms with E-state index in [4.69, 9.17) is 11.6 Å². The highest BCUT2D eigenvalue weighted by Crippen LogP contribution is 2.20. The Hall–Kier alpha value is -1.02. The van der Waals surface area contributed by atoms with Crippen LogP contribution in [0.2, 0.25) is 0 Å². The molecule has 15 heavy (non-hydrogen) atoms. The number of imidazole rings is 1. The molecule has 80 valence electrons. The van der Waals surface area contributed by atoms with Crippen molar-refractivity contribution >= 4 is 22.6 Å². The zero-order chi connectivity index (χ0) is 11.0. The zero-order valence-corrected chi connectivity index (χ0v) is 10.1. The Bertz CT molecular complexity index is 500. The van der Waals surface area contributed by atoms with Gasteiger partial charge in [-0.25, -0.2) is 4.98 Å². The topological polar surface area (TPSA) is 17.8 Å². The van der Waals surface area contributed by atoms with Crippen LogP contribution in [0.25, 0.3) is 11.0 Å². The molecule has 1 aromatic carbocycles. The summed E-state index contributed by atoms with van der Waals surface area (Å²) in [5.74, 6) is 1.68. The van der Waals surface area contributed by atoms with Gasteiger partial charge in [-0.1, -0.05) is 0 Å². The van der Waals surface area contributed by atoms with Gasteiger partial charge in [0.05, 0.1) is 11.0 Å². The van der Waals surface area contributed by atoms with Gasteiger partial charge in [0, 0.05) is 19.3 Å². The van der Waals surface area contributed by atoms with Gasteiger partial charge in [0.15, 0.2) is 0 Å². The van der Waals surface area contributed by atoms with E-state index in [1.54, 1.807) is 0 Å². The van der Waals surface area contributed by atoms with Crippen LogP contribution in [0.4, 0.5) is 0 Å². The minimum atomic E-state index is 0.620. The van der Waals surface area contributed by atoms with E-state index in [9.17, 15) is 0 Å². The number of fused-ring (bicyclic) bond motifs is 1. The summed E-state index contributed by atoms with van der Waals surface area (Å²) in [5.41, 5.74) is 4.86. The van der Waals surface area contributed by atoms with Gasteiger partial charge in [0.25, 0.3) is 0 Å². The van der Waals surface area contributed by atoms with Crippen molar-refractivity contribution in [2.24, 2.45) is 7.05 Å². The fraction of sp³-hybridized carbons (Fsp3) is 0.417. The molecule has 2 aromatic rings. The summed E-state index contributed by atoms with van der Waals surface area (Å²) in [5, 5.41) is 0. The lowest BCUT2D eigenvalue weighted by Crippen LogP contribution is -1.98. The van der Waals surface area contributed by atoms with Gasteiger partial charge < -0.3 is 4.57 Å². The van der Waals surface area contributed by atoms with Gasteiger partial charge >= 0.3 is 0 Å². The minimum Gasteiger partial charge on any atom is -0.331 e. The van der Waals surface area contributed by atoms with Crippen LogP contribution in [0.5, 0.6) is 0 Å². The van der Waals surface area contributed by atoms with Gasteiger partial charge in [-0.15, -0.1) is 11.6 Å². The molecule has 0 amide bonds. The molecule has 1 aromatic heterocycles. The Balaban J connectivity index is 2.66. The molecule has 3 heteroatoms. The molecule has 0 radical (unpaired) electrons. The third-order valence-electron chi connectivity index (χ3n) is 2.91. The molecule has 0 bridgehead atoms. The normalized spacial score (nSPS) is 11.2. The number of aromatic nitrogens is 2. The second-order valence-corrected chi connectivity index (χ2v) is 4.33. The maximum absolute atomic E-state index is 5.74. The van der Waals surface area contributed by atoms with Crippen LogP contribution in [0, 0.1) is 13.8 Å². The van der Waals surface area contributed by atoms with Crippen LogP contribution in [-0.4, -0.2) is 15.4 Å². The first-order valence-electron chi connectivity index (χ1n) is 5.12. The summed E-state index contributed by atoms with van der Waals surface area (Å²) < 4.78 is 2.13. The second kappa shape index (κ2) is 3.86. The summed E-state index contributed by atoms with van der Waals surface area (Å²) in [6.07, 6.45) is 0.824. The number of benzene rings is 1. The summed E-state index contributed by atoms with van der Waals surface area (Å²) >= 11 is 5.74. The molecule has 1 heterocycles. The van der Waals surface area contributed by atoms with Crippen LogP contribution >= 0.6 is 11.6 Å². The first kappa shape index (κ1) is 10.5. The van der Waals surface area contributed by atoms with E-state index >= 15 is 0 Å². The highest BCUT2D eigenvalue weighted by atomic mass is 35.5. The van der Waals surface area contributed by atoms with Crippen molar-refractivity contribution in [2.75, 3.05) is 5.88 Å². The van der Waals surface area contributed by atoms with E-state index < -0.39 is 0 Å². The Morgan fingerprint density at radius 1 is 1.27 bits per heavy atom. The maximum atomic E-state index is 5.74. The fourth-order valence-corrected chi connectivity index (χ4v) is 1.97. The predicted molar refractivity (Wildman–Crippen MR) is 64.6 cm³/mol. The van der Waals surface area contributed by atoms with Crippen LogP contribution in [-0.2, 0) is 13.5 Å². The first-order valence-corrected chi connectivity index (χ1v) is 5.65. The van der Waals surface area contributed by atoms with Crippen molar-refractivity contribution in [1.82, 2.24) is 9.55 Å². The molecule has 2 rings (SSSR count). The van der Waals surface area contributed by atoms with E-state index in [-0.39, 0.29) is 0 Å². The Morgan fingerprint density at radius 3 is 2.60 bits per heavy atom.